The van der Waals surface area contributed by atoms with Gasteiger partial charge < -0.3 is 15.0 Å². The van der Waals surface area contributed by atoms with E-state index in [1.54, 1.807) is 4.52 Å². The lowest BCUT2D eigenvalue weighted by Crippen LogP contribution is -2.42. The van der Waals surface area contributed by atoms with Gasteiger partial charge in [0.15, 0.2) is 11.5 Å². The molecule has 2 aromatic heterocycles. The molecule has 0 radical (unpaired) electrons. The molecule has 1 N–H and O–H groups in total. The molecule has 0 bridgehead atoms. The third-order valence-electron chi connectivity index (χ3n) is 6.07. The lowest BCUT2D eigenvalue weighted by molar-refractivity contribution is -0.126. The Labute approximate surface area is 185 Å². The van der Waals surface area contributed by atoms with E-state index in [-0.39, 0.29) is 17.9 Å². The zero-order chi connectivity index (χ0) is 21.2. The minimum atomic E-state index is 0.0425. The van der Waals surface area contributed by atoms with Crippen molar-refractivity contribution in [1.29, 1.82) is 0 Å². The van der Waals surface area contributed by atoms with Crippen molar-refractivity contribution in [3.63, 3.8) is 0 Å². The number of carbonyl (C=O) groups excluding carboxylic acids is 1. The summed E-state index contributed by atoms with van der Waals surface area (Å²) in [5, 5.41) is 17.1. The highest BCUT2D eigenvalue weighted by molar-refractivity contribution is 6.30. The molecule has 9 heteroatoms. The van der Waals surface area contributed by atoms with Crippen LogP contribution in [0.25, 0.3) is 17.0 Å². The van der Waals surface area contributed by atoms with Gasteiger partial charge >= 0.3 is 0 Å². The molecule has 31 heavy (non-hydrogen) atoms. The molecule has 0 aliphatic carbocycles. The van der Waals surface area contributed by atoms with Crippen molar-refractivity contribution in [3.05, 3.63) is 41.4 Å². The Hall–Kier alpha value is -2.71. The van der Waals surface area contributed by atoms with Gasteiger partial charge in [-0.15, -0.1) is 15.3 Å². The molecule has 0 spiro atoms. The Bertz CT molecular complexity index is 1060. The number of benzene rings is 1. The summed E-state index contributed by atoms with van der Waals surface area (Å²) in [7, 11) is 0. The van der Waals surface area contributed by atoms with Crippen LogP contribution in [0.3, 0.4) is 0 Å². The van der Waals surface area contributed by atoms with Crippen LogP contribution >= 0.6 is 11.6 Å². The number of halogens is 1. The van der Waals surface area contributed by atoms with Crippen LogP contribution in [-0.2, 0) is 9.53 Å². The second-order valence-corrected chi connectivity index (χ2v) is 8.57. The average Bonchev–Trinajstić information content (AvgIpc) is 3.48. The van der Waals surface area contributed by atoms with Crippen molar-refractivity contribution in [2.45, 2.75) is 31.8 Å². The maximum absolute atomic E-state index is 12.5. The molecule has 3 aromatic rings. The van der Waals surface area contributed by atoms with Crippen LogP contribution in [0.2, 0.25) is 5.02 Å². The van der Waals surface area contributed by atoms with Gasteiger partial charge in [0.1, 0.15) is 5.82 Å². The number of hydrogen-bond acceptors (Lipinski definition) is 6. The maximum atomic E-state index is 12.5. The summed E-state index contributed by atoms with van der Waals surface area (Å²) in [5.41, 5.74) is 1.60. The molecule has 2 saturated heterocycles. The molecule has 8 nitrogen and oxygen atoms in total. The summed E-state index contributed by atoms with van der Waals surface area (Å²) in [6, 6.07) is 11.4. The Morgan fingerprint density at radius 1 is 1.10 bits per heavy atom. The first kappa shape index (κ1) is 20.2. The molecule has 0 saturated carbocycles. The van der Waals surface area contributed by atoms with Crippen LogP contribution in [0.5, 0.6) is 0 Å². The van der Waals surface area contributed by atoms with E-state index in [9.17, 15) is 4.79 Å². The summed E-state index contributed by atoms with van der Waals surface area (Å²) in [6.07, 6.45) is 3.92. The topological polar surface area (TPSA) is 84.6 Å². The van der Waals surface area contributed by atoms with Gasteiger partial charge in [-0.2, -0.15) is 4.52 Å². The van der Waals surface area contributed by atoms with Crippen LogP contribution in [0.4, 0.5) is 5.82 Å². The first-order chi connectivity index (χ1) is 15.2. The number of rotatable bonds is 5. The molecular formula is C22H25ClN6O2. The van der Waals surface area contributed by atoms with Gasteiger partial charge in [-0.05, 0) is 62.1 Å². The quantitative estimate of drug-likeness (QED) is 0.656. The van der Waals surface area contributed by atoms with Crippen molar-refractivity contribution < 1.29 is 9.53 Å². The Balaban J connectivity index is 1.24. The van der Waals surface area contributed by atoms with E-state index < -0.39 is 0 Å². The van der Waals surface area contributed by atoms with E-state index in [1.807, 2.05) is 36.4 Å². The van der Waals surface area contributed by atoms with Gasteiger partial charge in [0.2, 0.25) is 5.91 Å². The van der Waals surface area contributed by atoms with Crippen molar-refractivity contribution in [3.8, 4) is 11.4 Å². The van der Waals surface area contributed by atoms with Crippen LogP contribution in [-0.4, -0.2) is 58.1 Å². The summed E-state index contributed by atoms with van der Waals surface area (Å²) in [4.78, 5) is 14.7. The molecule has 2 aliphatic rings. The molecular weight excluding hydrogens is 416 g/mol. The van der Waals surface area contributed by atoms with Crippen molar-refractivity contribution in [2.75, 3.05) is 31.1 Å². The van der Waals surface area contributed by atoms with E-state index >= 15 is 0 Å². The predicted octanol–water partition coefficient (Wildman–Crippen LogP) is 2.96. The number of piperidine rings is 1. The van der Waals surface area contributed by atoms with Crippen LogP contribution in [0.15, 0.2) is 36.4 Å². The number of fused-ring (bicyclic) bond motifs is 1. The summed E-state index contributed by atoms with van der Waals surface area (Å²) in [5.74, 6) is 1.72. The van der Waals surface area contributed by atoms with Crippen molar-refractivity contribution >= 4 is 29.0 Å². The maximum Gasteiger partial charge on any atom is 0.223 e. The standard InChI is InChI=1S/C22H25ClN6O2/c23-17-5-3-15(4-6-17)21-26-25-19-7-8-20(27-29(19)21)28-11-9-16(10-12-28)22(30)24-14-18-2-1-13-31-18/h3-8,16,18H,1-2,9-14H2,(H,24,30). The van der Waals surface area contributed by atoms with Crippen LogP contribution in [0, 0.1) is 5.92 Å². The molecule has 1 unspecified atom stereocenters. The molecule has 162 valence electrons. The fourth-order valence-electron chi connectivity index (χ4n) is 4.26. The zero-order valence-corrected chi connectivity index (χ0v) is 18.0. The zero-order valence-electron chi connectivity index (χ0n) is 17.2. The monoisotopic (exact) mass is 440 g/mol. The normalized spacial score (nSPS) is 19.8. The van der Waals surface area contributed by atoms with Crippen LogP contribution < -0.4 is 10.2 Å². The van der Waals surface area contributed by atoms with Gasteiger partial charge in [0.25, 0.3) is 0 Å². The lowest BCUT2D eigenvalue weighted by atomic mass is 9.96. The van der Waals surface area contributed by atoms with E-state index in [1.165, 1.54) is 0 Å². The SMILES string of the molecule is O=C(NCC1CCCO1)C1CCN(c2ccc3nnc(-c4ccc(Cl)cc4)n3n2)CC1. The largest absolute Gasteiger partial charge is 0.376 e. The van der Waals surface area contributed by atoms with Gasteiger partial charge in [-0.1, -0.05) is 11.6 Å². The third kappa shape index (κ3) is 4.36. The first-order valence-corrected chi connectivity index (χ1v) is 11.2. The van der Waals surface area contributed by atoms with Gasteiger partial charge in [0, 0.05) is 42.7 Å². The average molecular weight is 441 g/mol. The minimum absolute atomic E-state index is 0.0425. The second-order valence-electron chi connectivity index (χ2n) is 8.13. The van der Waals surface area contributed by atoms with E-state index in [0.29, 0.717) is 23.0 Å². The first-order valence-electron chi connectivity index (χ1n) is 10.8. The van der Waals surface area contributed by atoms with Crippen molar-refractivity contribution in [2.24, 2.45) is 5.92 Å². The Morgan fingerprint density at radius 3 is 2.65 bits per heavy atom. The second kappa shape index (κ2) is 8.80. The highest BCUT2D eigenvalue weighted by atomic mass is 35.5. The lowest BCUT2D eigenvalue weighted by Gasteiger charge is -2.32. The predicted molar refractivity (Wildman–Crippen MR) is 118 cm³/mol. The number of hydrogen-bond donors (Lipinski definition) is 1. The number of carbonyl (C=O) groups is 1. The summed E-state index contributed by atoms with van der Waals surface area (Å²) >= 11 is 6.00. The highest BCUT2D eigenvalue weighted by Crippen LogP contribution is 2.25. The third-order valence-corrected chi connectivity index (χ3v) is 6.32. The molecule has 4 heterocycles. The molecule has 1 atom stereocenters. The van der Waals surface area contributed by atoms with Gasteiger partial charge in [-0.3, -0.25) is 4.79 Å². The van der Waals surface area contributed by atoms with Gasteiger partial charge in [-0.25, -0.2) is 0 Å². The number of ether oxygens (including phenoxy) is 1. The Kier molecular flexibility index (Phi) is 5.74. The van der Waals surface area contributed by atoms with Gasteiger partial charge in [0.05, 0.1) is 6.10 Å². The number of amides is 1. The fourth-order valence-corrected chi connectivity index (χ4v) is 4.39. The summed E-state index contributed by atoms with van der Waals surface area (Å²) < 4.78 is 7.35. The molecule has 5 rings (SSSR count). The molecule has 2 fully saturated rings. The highest BCUT2D eigenvalue weighted by Gasteiger charge is 2.27. The van der Waals surface area contributed by atoms with E-state index in [4.69, 9.17) is 21.4 Å². The van der Waals surface area contributed by atoms with Crippen LogP contribution in [0.1, 0.15) is 25.7 Å². The minimum Gasteiger partial charge on any atom is -0.376 e. The Morgan fingerprint density at radius 2 is 1.90 bits per heavy atom. The fraction of sp³-hybridized carbons (Fsp3) is 0.455. The molecule has 1 aromatic carbocycles. The number of anilines is 1. The number of aromatic nitrogens is 4. The van der Waals surface area contributed by atoms with Crippen molar-refractivity contribution in [1.82, 2.24) is 25.1 Å². The number of nitrogens with zero attached hydrogens (tertiary/aromatic N) is 5. The molecule has 2 aliphatic heterocycles. The molecule has 1 amide bonds. The number of nitrogens with one attached hydrogen (secondary N) is 1. The summed E-state index contributed by atoms with van der Waals surface area (Å²) in [6.45, 7) is 3.00. The van der Waals surface area contributed by atoms with E-state index in [2.05, 4.69) is 20.4 Å². The van der Waals surface area contributed by atoms with E-state index in [0.717, 1.165) is 56.8 Å². The smallest absolute Gasteiger partial charge is 0.223 e.